The SMILES string of the molecule is CCCCc1ccccc1N(C(=S)SO)c1ccccc1CCCC. The summed E-state index contributed by atoms with van der Waals surface area (Å²) < 4.78 is 10.2. The van der Waals surface area contributed by atoms with Crippen molar-refractivity contribution in [2.45, 2.75) is 52.4 Å². The van der Waals surface area contributed by atoms with Crippen molar-refractivity contribution in [1.82, 2.24) is 0 Å². The van der Waals surface area contributed by atoms with Gasteiger partial charge in [0.2, 0.25) is 0 Å². The van der Waals surface area contributed by atoms with E-state index in [9.17, 15) is 4.55 Å². The average Bonchev–Trinajstić information content (AvgIpc) is 2.66. The van der Waals surface area contributed by atoms with Crippen LogP contribution in [0.25, 0.3) is 0 Å². The highest BCUT2D eigenvalue weighted by Crippen LogP contribution is 2.35. The quantitative estimate of drug-likeness (QED) is 0.397. The molecule has 0 aromatic heterocycles. The van der Waals surface area contributed by atoms with E-state index in [1.54, 1.807) is 0 Å². The number of aryl methyl sites for hydroxylation is 2. The highest BCUT2D eigenvalue weighted by atomic mass is 32.2. The molecule has 25 heavy (non-hydrogen) atoms. The fourth-order valence-electron chi connectivity index (χ4n) is 2.98. The maximum atomic E-state index is 9.70. The Morgan fingerprint density at radius 1 is 0.880 bits per heavy atom. The summed E-state index contributed by atoms with van der Waals surface area (Å²) in [6.45, 7) is 4.41. The second-order valence-corrected chi connectivity index (χ2v) is 7.37. The molecule has 0 atom stereocenters. The predicted molar refractivity (Wildman–Crippen MR) is 115 cm³/mol. The molecular weight excluding hydrogens is 346 g/mol. The largest absolute Gasteiger partial charge is 0.324 e. The van der Waals surface area contributed by atoms with Crippen molar-refractivity contribution in [2.24, 2.45) is 0 Å². The summed E-state index contributed by atoms with van der Waals surface area (Å²) in [7, 11) is 0. The lowest BCUT2D eigenvalue weighted by Gasteiger charge is -2.28. The predicted octanol–water partition coefficient (Wildman–Crippen LogP) is 7.00. The smallest absolute Gasteiger partial charge is 0.172 e. The zero-order chi connectivity index (χ0) is 18.1. The van der Waals surface area contributed by atoms with Gasteiger partial charge in [0.1, 0.15) is 0 Å². The fraction of sp³-hybridized carbons (Fsp3) is 0.381. The number of thiocarbonyl (C=S) groups is 1. The van der Waals surface area contributed by atoms with E-state index >= 15 is 0 Å². The number of unbranched alkanes of at least 4 members (excludes halogenated alkanes) is 2. The second-order valence-electron chi connectivity index (χ2n) is 6.16. The summed E-state index contributed by atoms with van der Waals surface area (Å²) >= 11 is 6.17. The van der Waals surface area contributed by atoms with Crippen LogP contribution >= 0.6 is 24.3 Å². The van der Waals surface area contributed by atoms with Crippen LogP contribution in [0.2, 0.25) is 0 Å². The van der Waals surface area contributed by atoms with Gasteiger partial charge in [-0.2, -0.15) is 0 Å². The van der Waals surface area contributed by atoms with E-state index < -0.39 is 0 Å². The molecule has 1 N–H and O–H groups in total. The molecule has 0 aliphatic carbocycles. The maximum absolute atomic E-state index is 9.70. The Kier molecular flexibility index (Phi) is 8.45. The highest BCUT2D eigenvalue weighted by molar-refractivity contribution is 8.19. The molecule has 0 heterocycles. The normalized spacial score (nSPS) is 10.7. The van der Waals surface area contributed by atoms with Gasteiger partial charge in [0, 0.05) is 0 Å². The monoisotopic (exact) mass is 373 g/mol. The number of hydrogen-bond acceptors (Lipinski definition) is 3. The zero-order valence-electron chi connectivity index (χ0n) is 15.1. The summed E-state index contributed by atoms with van der Waals surface area (Å²) in [6, 6.07) is 16.8. The van der Waals surface area contributed by atoms with Crippen LogP contribution in [-0.4, -0.2) is 8.87 Å². The van der Waals surface area contributed by atoms with E-state index in [0.717, 1.165) is 49.9 Å². The molecule has 0 saturated carbocycles. The van der Waals surface area contributed by atoms with Gasteiger partial charge in [0.15, 0.2) is 4.32 Å². The second kappa shape index (κ2) is 10.6. The molecule has 0 aliphatic rings. The van der Waals surface area contributed by atoms with Crippen molar-refractivity contribution < 1.29 is 4.55 Å². The van der Waals surface area contributed by atoms with Crippen LogP contribution in [0, 0.1) is 0 Å². The van der Waals surface area contributed by atoms with Crippen LogP contribution in [0.15, 0.2) is 48.5 Å². The lowest BCUT2D eigenvalue weighted by Crippen LogP contribution is -2.23. The zero-order valence-corrected chi connectivity index (χ0v) is 16.7. The van der Waals surface area contributed by atoms with Crippen LogP contribution in [0.1, 0.15) is 50.7 Å². The summed E-state index contributed by atoms with van der Waals surface area (Å²) in [5, 5.41) is 0. The van der Waals surface area contributed by atoms with Crippen molar-refractivity contribution in [3.63, 3.8) is 0 Å². The minimum absolute atomic E-state index is 0.466. The molecule has 0 aliphatic heterocycles. The average molecular weight is 374 g/mol. The lowest BCUT2D eigenvalue weighted by molar-refractivity contribution is 0.673. The number of benzene rings is 2. The summed E-state index contributed by atoms with van der Waals surface area (Å²) in [4.78, 5) is 2.04. The molecule has 4 heteroatoms. The van der Waals surface area contributed by atoms with E-state index in [1.807, 2.05) is 17.0 Å². The van der Waals surface area contributed by atoms with Crippen molar-refractivity contribution in [3.8, 4) is 0 Å². The van der Waals surface area contributed by atoms with Gasteiger partial charge in [0.05, 0.1) is 23.4 Å². The van der Waals surface area contributed by atoms with E-state index in [2.05, 4.69) is 50.2 Å². The third-order valence-electron chi connectivity index (χ3n) is 4.33. The molecule has 134 valence electrons. The highest BCUT2D eigenvalue weighted by Gasteiger charge is 2.20. The van der Waals surface area contributed by atoms with Crippen LogP contribution < -0.4 is 4.90 Å². The first kappa shape index (κ1) is 20.0. The van der Waals surface area contributed by atoms with Gasteiger partial charge in [-0.25, -0.2) is 0 Å². The summed E-state index contributed by atoms with van der Waals surface area (Å²) in [5.74, 6) is 0. The van der Waals surface area contributed by atoms with E-state index in [1.165, 1.54) is 11.1 Å². The van der Waals surface area contributed by atoms with Crippen LogP contribution in [0.5, 0.6) is 0 Å². The van der Waals surface area contributed by atoms with Crippen molar-refractivity contribution >= 4 is 40.0 Å². The number of nitrogens with zero attached hydrogens (tertiary/aromatic N) is 1. The van der Waals surface area contributed by atoms with Gasteiger partial charge in [-0.3, -0.25) is 4.90 Å². The molecule has 2 aromatic rings. The minimum Gasteiger partial charge on any atom is -0.324 e. The van der Waals surface area contributed by atoms with Crippen LogP contribution in [0.3, 0.4) is 0 Å². The Balaban J connectivity index is 2.50. The van der Waals surface area contributed by atoms with Crippen molar-refractivity contribution in [1.29, 1.82) is 0 Å². The van der Waals surface area contributed by atoms with E-state index in [4.69, 9.17) is 12.2 Å². The molecule has 0 bridgehead atoms. The lowest BCUT2D eigenvalue weighted by atomic mass is 10.0. The van der Waals surface area contributed by atoms with Gasteiger partial charge in [-0.05, 0) is 61.2 Å². The molecule has 2 aromatic carbocycles. The summed E-state index contributed by atoms with van der Waals surface area (Å²) in [5.41, 5.74) is 4.69. The first-order valence-corrected chi connectivity index (χ1v) is 10.2. The third kappa shape index (κ3) is 5.30. The molecule has 2 nitrogen and oxygen atoms in total. The molecule has 0 fully saturated rings. The van der Waals surface area contributed by atoms with Crippen LogP contribution in [-0.2, 0) is 12.8 Å². The third-order valence-corrected chi connectivity index (χ3v) is 5.07. The van der Waals surface area contributed by atoms with E-state index in [-0.39, 0.29) is 0 Å². The molecular formula is C21H27NOS2. The molecule has 2 rings (SSSR count). The van der Waals surface area contributed by atoms with Gasteiger partial charge in [-0.1, -0.05) is 63.1 Å². The van der Waals surface area contributed by atoms with Gasteiger partial charge >= 0.3 is 0 Å². The standard InChI is InChI=1S/C21H27NOS2/c1-3-5-11-17-13-7-9-15-19(17)22(21(24)25-23)20-16-10-8-14-18(20)12-6-4-2/h7-10,13-16,23H,3-6,11-12H2,1-2H3. The van der Waals surface area contributed by atoms with Crippen LogP contribution in [0.4, 0.5) is 11.4 Å². The van der Waals surface area contributed by atoms with E-state index in [0.29, 0.717) is 16.4 Å². The van der Waals surface area contributed by atoms with Crippen molar-refractivity contribution in [2.75, 3.05) is 4.90 Å². The minimum atomic E-state index is 0.466. The Morgan fingerprint density at radius 2 is 1.32 bits per heavy atom. The Morgan fingerprint density at radius 3 is 1.72 bits per heavy atom. The molecule has 0 saturated heterocycles. The molecule has 0 unspecified atom stereocenters. The Bertz CT molecular complexity index is 636. The molecule has 0 radical (unpaired) electrons. The van der Waals surface area contributed by atoms with Crippen molar-refractivity contribution in [3.05, 3.63) is 59.7 Å². The maximum Gasteiger partial charge on any atom is 0.172 e. The number of rotatable bonds is 8. The van der Waals surface area contributed by atoms with Gasteiger partial charge in [-0.15, -0.1) is 0 Å². The molecule has 0 amide bonds. The van der Waals surface area contributed by atoms with Gasteiger partial charge < -0.3 is 4.55 Å². The fourth-order valence-corrected chi connectivity index (χ4v) is 3.46. The molecule has 0 spiro atoms. The number of hydrogen-bond donors (Lipinski definition) is 1. The number of anilines is 2. The topological polar surface area (TPSA) is 23.5 Å². The Hall–Kier alpha value is -1.36. The number of para-hydroxylation sites is 2. The van der Waals surface area contributed by atoms with Gasteiger partial charge in [0.25, 0.3) is 0 Å². The Labute approximate surface area is 161 Å². The first-order valence-electron chi connectivity index (χ1n) is 9.04. The summed E-state index contributed by atoms with van der Waals surface area (Å²) in [6.07, 6.45) is 6.61. The first-order chi connectivity index (χ1) is 12.2.